The van der Waals surface area contributed by atoms with Crippen molar-refractivity contribution >= 4 is 17.2 Å². The van der Waals surface area contributed by atoms with Gasteiger partial charge in [-0.15, -0.1) is 11.3 Å². The maximum absolute atomic E-state index is 13.4. The summed E-state index contributed by atoms with van der Waals surface area (Å²) in [4.78, 5) is 17.3. The summed E-state index contributed by atoms with van der Waals surface area (Å²) in [6, 6.07) is -0.265. The van der Waals surface area contributed by atoms with Gasteiger partial charge in [0, 0.05) is 12.4 Å². The summed E-state index contributed by atoms with van der Waals surface area (Å²) >= 11 is 1.38. The van der Waals surface area contributed by atoms with Crippen LogP contribution in [0.2, 0.25) is 0 Å². The van der Waals surface area contributed by atoms with Crippen LogP contribution in [0.1, 0.15) is 29.8 Å². The Bertz CT molecular complexity index is 341. The van der Waals surface area contributed by atoms with Crippen LogP contribution in [0.4, 0.5) is 4.39 Å². The van der Waals surface area contributed by atoms with E-state index in [0.717, 1.165) is 12.8 Å². The highest BCUT2D eigenvalue weighted by atomic mass is 32.1. The average molecular weight is 228 g/mol. The lowest BCUT2D eigenvalue weighted by atomic mass is 10.2. The second-order valence-corrected chi connectivity index (χ2v) is 4.52. The van der Waals surface area contributed by atoms with Gasteiger partial charge in [0.25, 0.3) is 5.91 Å². The summed E-state index contributed by atoms with van der Waals surface area (Å²) < 4.78 is 13.4. The van der Waals surface area contributed by atoms with Crippen LogP contribution in [0.15, 0.2) is 10.9 Å². The second kappa shape index (κ2) is 4.26. The fourth-order valence-electron chi connectivity index (χ4n) is 1.98. The molecule has 2 rings (SSSR count). The Morgan fingerprint density at radius 1 is 1.67 bits per heavy atom. The van der Waals surface area contributed by atoms with Gasteiger partial charge >= 0.3 is 0 Å². The molecule has 0 N–H and O–H groups in total. The van der Waals surface area contributed by atoms with Gasteiger partial charge in [-0.3, -0.25) is 4.79 Å². The van der Waals surface area contributed by atoms with Crippen LogP contribution in [-0.2, 0) is 0 Å². The molecule has 0 radical (unpaired) electrons. The topological polar surface area (TPSA) is 33.2 Å². The zero-order chi connectivity index (χ0) is 10.8. The minimum atomic E-state index is -0.877. The molecule has 1 aromatic heterocycles. The number of hydrogen-bond acceptors (Lipinski definition) is 3. The van der Waals surface area contributed by atoms with Crippen molar-refractivity contribution in [3.63, 3.8) is 0 Å². The molecule has 1 amide bonds. The molecule has 2 atom stereocenters. The molecule has 0 spiro atoms. The van der Waals surface area contributed by atoms with E-state index in [1.807, 2.05) is 0 Å². The minimum Gasteiger partial charge on any atom is -0.334 e. The van der Waals surface area contributed by atoms with Gasteiger partial charge in [-0.2, -0.15) is 0 Å². The summed E-state index contributed by atoms with van der Waals surface area (Å²) in [6.07, 6.45) is 1.31. The quantitative estimate of drug-likeness (QED) is 0.776. The Balaban J connectivity index is 2.07. The molecule has 0 saturated heterocycles. The lowest BCUT2D eigenvalue weighted by Crippen LogP contribution is -2.40. The van der Waals surface area contributed by atoms with Crippen molar-refractivity contribution in [1.82, 2.24) is 9.88 Å². The van der Waals surface area contributed by atoms with Crippen molar-refractivity contribution in [1.29, 1.82) is 0 Å². The summed E-state index contributed by atoms with van der Waals surface area (Å²) in [5.41, 5.74) is 2.03. The standard InChI is InChI=1S/C10H13FN2OS/c1-13(9-4-2-3-7(9)11)10(14)8-5-15-6-12-8/h5-7,9H,2-4H2,1H3. The summed E-state index contributed by atoms with van der Waals surface area (Å²) in [5, 5.41) is 1.70. The number of thiazole rings is 1. The van der Waals surface area contributed by atoms with E-state index in [1.165, 1.54) is 16.2 Å². The Labute approximate surface area is 91.9 Å². The number of rotatable bonds is 2. The van der Waals surface area contributed by atoms with Crippen molar-refractivity contribution in [2.75, 3.05) is 7.05 Å². The molecule has 15 heavy (non-hydrogen) atoms. The normalized spacial score (nSPS) is 25.5. The fraction of sp³-hybridized carbons (Fsp3) is 0.600. The van der Waals surface area contributed by atoms with Crippen LogP contribution in [0, 0.1) is 0 Å². The monoisotopic (exact) mass is 228 g/mol. The summed E-state index contributed by atoms with van der Waals surface area (Å²) in [6.45, 7) is 0. The molecule has 0 aromatic carbocycles. The highest BCUT2D eigenvalue weighted by molar-refractivity contribution is 7.07. The third-order valence-electron chi connectivity index (χ3n) is 2.87. The van der Waals surface area contributed by atoms with Crippen LogP contribution in [0.3, 0.4) is 0 Å². The van der Waals surface area contributed by atoms with Crippen LogP contribution in [-0.4, -0.2) is 35.1 Å². The summed E-state index contributed by atoms with van der Waals surface area (Å²) in [5.74, 6) is -0.175. The predicted octanol–water partition coefficient (Wildman–Crippen LogP) is 2.11. The average Bonchev–Trinajstić information content (AvgIpc) is 2.85. The third-order valence-corrected chi connectivity index (χ3v) is 3.45. The molecule has 1 heterocycles. The SMILES string of the molecule is CN(C(=O)c1cscn1)C1CCCC1F. The van der Waals surface area contributed by atoms with E-state index in [0.29, 0.717) is 12.1 Å². The molecule has 1 aliphatic carbocycles. The molecule has 1 fully saturated rings. The molecule has 1 aromatic rings. The zero-order valence-corrected chi connectivity index (χ0v) is 9.34. The maximum atomic E-state index is 13.4. The smallest absolute Gasteiger partial charge is 0.273 e. The first-order valence-electron chi connectivity index (χ1n) is 4.99. The Morgan fingerprint density at radius 3 is 3.00 bits per heavy atom. The lowest BCUT2D eigenvalue weighted by Gasteiger charge is -2.25. The van der Waals surface area contributed by atoms with Crippen molar-refractivity contribution < 1.29 is 9.18 Å². The van der Waals surface area contributed by atoms with E-state index < -0.39 is 6.17 Å². The van der Waals surface area contributed by atoms with Gasteiger partial charge in [-0.25, -0.2) is 9.37 Å². The van der Waals surface area contributed by atoms with Crippen molar-refractivity contribution in [3.05, 3.63) is 16.6 Å². The number of hydrogen-bond donors (Lipinski definition) is 0. The van der Waals surface area contributed by atoms with E-state index in [2.05, 4.69) is 4.98 Å². The highest BCUT2D eigenvalue weighted by Gasteiger charge is 2.33. The molecule has 0 bridgehead atoms. The zero-order valence-electron chi connectivity index (χ0n) is 8.52. The van der Waals surface area contributed by atoms with Crippen molar-refractivity contribution in [2.24, 2.45) is 0 Å². The number of carbonyl (C=O) groups is 1. The van der Waals surface area contributed by atoms with Gasteiger partial charge in [0.15, 0.2) is 0 Å². The number of aromatic nitrogens is 1. The second-order valence-electron chi connectivity index (χ2n) is 3.80. The van der Waals surface area contributed by atoms with Crippen molar-refractivity contribution in [2.45, 2.75) is 31.5 Å². The predicted molar refractivity (Wildman–Crippen MR) is 56.7 cm³/mol. The van der Waals surface area contributed by atoms with Gasteiger partial charge in [0.1, 0.15) is 11.9 Å². The Kier molecular flexibility index (Phi) is 3.00. The maximum Gasteiger partial charge on any atom is 0.273 e. The Hall–Kier alpha value is -0.970. The van der Waals surface area contributed by atoms with E-state index in [-0.39, 0.29) is 11.9 Å². The van der Waals surface area contributed by atoms with Crippen LogP contribution < -0.4 is 0 Å². The van der Waals surface area contributed by atoms with Crippen molar-refractivity contribution in [3.8, 4) is 0 Å². The largest absolute Gasteiger partial charge is 0.334 e. The fourth-order valence-corrected chi connectivity index (χ4v) is 2.51. The first kappa shape index (κ1) is 10.5. The molecule has 82 valence electrons. The number of halogens is 1. The molecule has 5 heteroatoms. The van der Waals surface area contributed by atoms with Crippen LogP contribution in [0.5, 0.6) is 0 Å². The molecule has 3 nitrogen and oxygen atoms in total. The Morgan fingerprint density at radius 2 is 2.47 bits per heavy atom. The molecule has 0 aliphatic heterocycles. The van der Waals surface area contributed by atoms with Crippen LogP contribution in [0.25, 0.3) is 0 Å². The van der Waals surface area contributed by atoms with Gasteiger partial charge in [-0.05, 0) is 19.3 Å². The highest BCUT2D eigenvalue weighted by Crippen LogP contribution is 2.26. The first-order chi connectivity index (χ1) is 7.20. The molecular formula is C10H13FN2OS. The molecular weight excluding hydrogens is 215 g/mol. The van der Waals surface area contributed by atoms with Gasteiger partial charge < -0.3 is 4.90 Å². The van der Waals surface area contributed by atoms with Gasteiger partial charge in [0.2, 0.25) is 0 Å². The number of amides is 1. The lowest BCUT2D eigenvalue weighted by molar-refractivity contribution is 0.0662. The number of nitrogens with zero attached hydrogens (tertiary/aromatic N) is 2. The number of alkyl halides is 1. The van der Waals surface area contributed by atoms with E-state index >= 15 is 0 Å². The van der Waals surface area contributed by atoms with Gasteiger partial charge in [-0.1, -0.05) is 0 Å². The third kappa shape index (κ3) is 2.02. The number of carbonyl (C=O) groups excluding carboxylic acids is 1. The van der Waals surface area contributed by atoms with E-state index in [4.69, 9.17) is 0 Å². The van der Waals surface area contributed by atoms with E-state index in [9.17, 15) is 9.18 Å². The first-order valence-corrected chi connectivity index (χ1v) is 5.94. The molecule has 1 saturated carbocycles. The van der Waals surface area contributed by atoms with Gasteiger partial charge in [0.05, 0.1) is 11.6 Å². The summed E-state index contributed by atoms with van der Waals surface area (Å²) in [7, 11) is 1.66. The minimum absolute atomic E-state index is 0.175. The van der Waals surface area contributed by atoms with E-state index in [1.54, 1.807) is 17.9 Å². The molecule has 1 aliphatic rings. The molecule has 2 unspecified atom stereocenters. The van der Waals surface area contributed by atoms with Crippen LogP contribution >= 0.6 is 11.3 Å².